The third-order valence-electron chi connectivity index (χ3n) is 2.84. The third-order valence-corrected chi connectivity index (χ3v) is 3.33. The van der Waals surface area contributed by atoms with Gasteiger partial charge in [0, 0.05) is 21.7 Å². The number of hydrogen-bond donors (Lipinski definition) is 1. The fourth-order valence-corrected chi connectivity index (χ4v) is 2.16. The summed E-state index contributed by atoms with van der Waals surface area (Å²) in [7, 11) is 3.15. The number of hydrazone groups is 1. The van der Waals surface area contributed by atoms with E-state index in [0.29, 0.717) is 17.1 Å². The number of carbonyl (C=O) groups is 1. The predicted molar refractivity (Wildman–Crippen MR) is 88.7 cm³/mol. The van der Waals surface area contributed by atoms with E-state index in [1.165, 1.54) is 6.21 Å². The van der Waals surface area contributed by atoms with Crippen LogP contribution in [0.25, 0.3) is 0 Å². The zero-order valence-electron chi connectivity index (χ0n) is 12.2. The summed E-state index contributed by atoms with van der Waals surface area (Å²) < 4.78 is 11.2. The molecule has 0 aliphatic carbocycles. The van der Waals surface area contributed by atoms with Crippen molar-refractivity contribution in [2.45, 2.75) is 0 Å². The first kappa shape index (κ1) is 16.0. The van der Waals surface area contributed by atoms with E-state index < -0.39 is 0 Å². The van der Waals surface area contributed by atoms with Crippen molar-refractivity contribution in [3.8, 4) is 11.5 Å². The smallest absolute Gasteiger partial charge is 0.271 e. The van der Waals surface area contributed by atoms with Crippen molar-refractivity contribution in [2.24, 2.45) is 5.10 Å². The van der Waals surface area contributed by atoms with E-state index in [9.17, 15) is 4.79 Å². The molecule has 2 aromatic carbocycles. The van der Waals surface area contributed by atoms with Gasteiger partial charge in [-0.05, 0) is 30.3 Å². The van der Waals surface area contributed by atoms with Crippen LogP contribution in [0, 0.1) is 0 Å². The molecule has 0 spiro atoms. The maximum Gasteiger partial charge on any atom is 0.271 e. The highest BCUT2D eigenvalue weighted by Crippen LogP contribution is 2.21. The van der Waals surface area contributed by atoms with Gasteiger partial charge in [0.25, 0.3) is 5.91 Å². The summed E-state index contributed by atoms with van der Waals surface area (Å²) in [6.07, 6.45) is 1.53. The molecule has 0 aliphatic heterocycles. The fourth-order valence-electron chi connectivity index (χ4n) is 1.76. The maximum atomic E-state index is 11.9. The number of amides is 1. The Bertz CT molecular complexity index is 679. The van der Waals surface area contributed by atoms with Crippen molar-refractivity contribution in [3.63, 3.8) is 0 Å². The SMILES string of the molecule is COc1cc(/C=N/NC(=O)c2cccc(Br)c2)cc(OC)c1. The third kappa shape index (κ3) is 4.33. The molecule has 0 bridgehead atoms. The van der Waals surface area contributed by atoms with Crippen LogP contribution in [-0.2, 0) is 0 Å². The highest BCUT2D eigenvalue weighted by atomic mass is 79.9. The summed E-state index contributed by atoms with van der Waals surface area (Å²) in [5, 5.41) is 3.95. The number of nitrogens with zero attached hydrogens (tertiary/aromatic N) is 1. The minimum Gasteiger partial charge on any atom is -0.497 e. The minimum absolute atomic E-state index is 0.285. The molecule has 1 N–H and O–H groups in total. The van der Waals surface area contributed by atoms with Crippen LogP contribution in [0.5, 0.6) is 11.5 Å². The van der Waals surface area contributed by atoms with Gasteiger partial charge >= 0.3 is 0 Å². The van der Waals surface area contributed by atoms with Gasteiger partial charge in [-0.15, -0.1) is 0 Å². The summed E-state index contributed by atoms with van der Waals surface area (Å²) in [6.45, 7) is 0. The van der Waals surface area contributed by atoms with Crippen molar-refractivity contribution < 1.29 is 14.3 Å². The van der Waals surface area contributed by atoms with Crippen LogP contribution in [0.1, 0.15) is 15.9 Å². The van der Waals surface area contributed by atoms with E-state index in [2.05, 4.69) is 26.5 Å². The Kier molecular flexibility index (Phi) is 5.55. The van der Waals surface area contributed by atoms with Crippen LogP contribution >= 0.6 is 15.9 Å². The monoisotopic (exact) mass is 362 g/mol. The quantitative estimate of drug-likeness (QED) is 0.656. The lowest BCUT2D eigenvalue weighted by Crippen LogP contribution is -2.17. The lowest BCUT2D eigenvalue weighted by atomic mass is 10.2. The number of benzene rings is 2. The van der Waals surface area contributed by atoms with Gasteiger partial charge in [0.05, 0.1) is 20.4 Å². The predicted octanol–water partition coefficient (Wildman–Crippen LogP) is 3.23. The first-order valence-electron chi connectivity index (χ1n) is 6.44. The molecular weight excluding hydrogens is 348 g/mol. The molecule has 0 atom stereocenters. The molecule has 0 saturated heterocycles. The molecule has 5 nitrogen and oxygen atoms in total. The van der Waals surface area contributed by atoms with Crippen molar-refractivity contribution in [1.82, 2.24) is 5.43 Å². The van der Waals surface area contributed by atoms with Gasteiger partial charge in [-0.2, -0.15) is 5.10 Å². The lowest BCUT2D eigenvalue weighted by Gasteiger charge is -2.05. The Morgan fingerprint density at radius 1 is 1.14 bits per heavy atom. The molecule has 0 unspecified atom stereocenters. The average molecular weight is 363 g/mol. The first-order valence-corrected chi connectivity index (χ1v) is 7.23. The Labute approximate surface area is 137 Å². The number of rotatable bonds is 5. The molecule has 0 heterocycles. The number of hydrogen-bond acceptors (Lipinski definition) is 4. The number of nitrogens with one attached hydrogen (secondary N) is 1. The second-order valence-electron chi connectivity index (χ2n) is 4.36. The molecule has 0 aromatic heterocycles. The molecule has 0 radical (unpaired) electrons. The van der Waals surface area contributed by atoms with Crippen LogP contribution in [0.3, 0.4) is 0 Å². The number of carbonyl (C=O) groups excluding carboxylic acids is 1. The summed E-state index contributed by atoms with van der Waals surface area (Å²) in [6, 6.07) is 12.4. The Balaban J connectivity index is 2.07. The molecule has 2 rings (SSSR count). The molecule has 6 heteroatoms. The van der Waals surface area contributed by atoms with Crippen molar-refractivity contribution in [1.29, 1.82) is 0 Å². The van der Waals surface area contributed by atoms with Gasteiger partial charge in [0.15, 0.2) is 0 Å². The zero-order valence-corrected chi connectivity index (χ0v) is 13.8. The number of halogens is 1. The Morgan fingerprint density at radius 2 is 1.82 bits per heavy atom. The first-order chi connectivity index (χ1) is 10.6. The molecule has 0 fully saturated rings. The van der Waals surface area contributed by atoms with Gasteiger partial charge in [-0.3, -0.25) is 4.79 Å². The molecule has 2 aromatic rings. The van der Waals surface area contributed by atoms with Crippen molar-refractivity contribution in [2.75, 3.05) is 14.2 Å². The van der Waals surface area contributed by atoms with Crippen LogP contribution < -0.4 is 14.9 Å². The van der Waals surface area contributed by atoms with E-state index in [0.717, 1.165) is 10.0 Å². The van der Waals surface area contributed by atoms with E-state index in [4.69, 9.17) is 9.47 Å². The molecule has 1 amide bonds. The van der Waals surface area contributed by atoms with Crippen molar-refractivity contribution in [3.05, 3.63) is 58.1 Å². The fraction of sp³-hybridized carbons (Fsp3) is 0.125. The van der Waals surface area contributed by atoms with Gasteiger partial charge in [0.1, 0.15) is 11.5 Å². The maximum absolute atomic E-state index is 11.9. The van der Waals surface area contributed by atoms with Crippen LogP contribution in [0.2, 0.25) is 0 Å². The topological polar surface area (TPSA) is 59.9 Å². The van der Waals surface area contributed by atoms with Gasteiger partial charge in [-0.25, -0.2) is 5.43 Å². The highest BCUT2D eigenvalue weighted by Gasteiger charge is 2.04. The van der Waals surface area contributed by atoms with Crippen LogP contribution in [-0.4, -0.2) is 26.3 Å². The lowest BCUT2D eigenvalue weighted by molar-refractivity contribution is 0.0955. The van der Waals surface area contributed by atoms with E-state index in [-0.39, 0.29) is 5.91 Å². The Hall–Kier alpha value is -2.34. The molecule has 114 valence electrons. The number of methoxy groups -OCH3 is 2. The second-order valence-corrected chi connectivity index (χ2v) is 5.27. The zero-order chi connectivity index (χ0) is 15.9. The van der Waals surface area contributed by atoms with E-state index in [1.54, 1.807) is 50.6 Å². The van der Waals surface area contributed by atoms with Crippen LogP contribution in [0.4, 0.5) is 0 Å². The standard InChI is InChI=1S/C16H15BrN2O3/c1-21-14-6-11(7-15(9-14)22-2)10-18-19-16(20)12-4-3-5-13(17)8-12/h3-10H,1-2H3,(H,19,20)/b18-10+. The van der Waals surface area contributed by atoms with Crippen molar-refractivity contribution >= 4 is 28.1 Å². The summed E-state index contributed by atoms with van der Waals surface area (Å²) in [5.74, 6) is 1.02. The Morgan fingerprint density at radius 3 is 2.41 bits per heavy atom. The van der Waals surface area contributed by atoms with Gasteiger partial charge in [-0.1, -0.05) is 22.0 Å². The molecule has 0 saturated carbocycles. The van der Waals surface area contributed by atoms with E-state index >= 15 is 0 Å². The second kappa shape index (κ2) is 7.61. The van der Waals surface area contributed by atoms with E-state index in [1.807, 2.05) is 6.07 Å². The summed E-state index contributed by atoms with van der Waals surface area (Å²) in [5.41, 5.74) is 3.76. The average Bonchev–Trinajstić information content (AvgIpc) is 2.54. The van der Waals surface area contributed by atoms with Gasteiger partial charge < -0.3 is 9.47 Å². The molecule has 22 heavy (non-hydrogen) atoms. The van der Waals surface area contributed by atoms with Gasteiger partial charge in [0.2, 0.25) is 0 Å². The largest absolute Gasteiger partial charge is 0.497 e. The summed E-state index contributed by atoms with van der Waals surface area (Å²) >= 11 is 3.32. The number of ether oxygens (including phenoxy) is 2. The normalized spacial score (nSPS) is 10.5. The summed E-state index contributed by atoms with van der Waals surface area (Å²) in [4.78, 5) is 11.9. The molecular formula is C16H15BrN2O3. The molecule has 0 aliphatic rings. The minimum atomic E-state index is -0.285. The highest BCUT2D eigenvalue weighted by molar-refractivity contribution is 9.10. The van der Waals surface area contributed by atoms with Crippen LogP contribution in [0.15, 0.2) is 52.0 Å².